The van der Waals surface area contributed by atoms with Crippen LogP contribution >= 0.6 is 39.1 Å². The van der Waals surface area contributed by atoms with Crippen molar-refractivity contribution in [3.05, 3.63) is 45.0 Å². The number of rotatable bonds is 3. The standard InChI is InChI=1S/C11H7BrCl2N2O3S/c12-6-4-7(13)10(8(14)5-6)20(18,19)16-11-9(17)2-1-3-15-11/h1-5,17H,(H,15,16). The molecule has 106 valence electrons. The van der Waals surface area contributed by atoms with Gasteiger partial charge in [0.15, 0.2) is 11.6 Å². The highest BCUT2D eigenvalue weighted by molar-refractivity contribution is 9.10. The second-order valence-electron chi connectivity index (χ2n) is 3.68. The van der Waals surface area contributed by atoms with E-state index in [4.69, 9.17) is 23.2 Å². The molecule has 0 amide bonds. The van der Waals surface area contributed by atoms with E-state index in [1.54, 1.807) is 0 Å². The molecule has 0 aliphatic heterocycles. The number of aromatic nitrogens is 1. The summed E-state index contributed by atoms with van der Waals surface area (Å²) in [6, 6.07) is 5.57. The first-order chi connectivity index (χ1) is 9.31. The molecule has 0 aliphatic carbocycles. The minimum atomic E-state index is -4.07. The van der Waals surface area contributed by atoms with Gasteiger partial charge >= 0.3 is 0 Å². The van der Waals surface area contributed by atoms with Crippen molar-refractivity contribution in [3.63, 3.8) is 0 Å². The summed E-state index contributed by atoms with van der Waals surface area (Å²) < 4.78 is 27.2. The lowest BCUT2D eigenvalue weighted by atomic mass is 10.4. The Bertz CT molecular complexity index is 745. The fraction of sp³-hybridized carbons (Fsp3) is 0. The molecule has 2 rings (SSSR count). The third-order valence-electron chi connectivity index (χ3n) is 2.25. The number of hydrogen-bond donors (Lipinski definition) is 2. The minimum absolute atomic E-state index is 0.0488. The molecule has 0 aliphatic rings. The van der Waals surface area contributed by atoms with Crippen LogP contribution in [-0.4, -0.2) is 18.5 Å². The van der Waals surface area contributed by atoms with Crippen LogP contribution in [0.1, 0.15) is 0 Å². The summed E-state index contributed by atoms with van der Waals surface area (Å²) in [5.74, 6) is -0.511. The largest absolute Gasteiger partial charge is 0.504 e. The van der Waals surface area contributed by atoms with Crippen molar-refractivity contribution in [3.8, 4) is 5.75 Å². The van der Waals surface area contributed by atoms with E-state index >= 15 is 0 Å². The summed E-state index contributed by atoms with van der Waals surface area (Å²) in [4.78, 5) is 3.45. The van der Waals surface area contributed by atoms with Gasteiger partial charge in [0.2, 0.25) is 0 Å². The van der Waals surface area contributed by atoms with Crippen molar-refractivity contribution >= 4 is 55.0 Å². The van der Waals surface area contributed by atoms with E-state index in [0.29, 0.717) is 4.47 Å². The topological polar surface area (TPSA) is 79.3 Å². The lowest BCUT2D eigenvalue weighted by Crippen LogP contribution is -2.15. The van der Waals surface area contributed by atoms with Gasteiger partial charge in [-0.2, -0.15) is 0 Å². The van der Waals surface area contributed by atoms with Crippen LogP contribution in [0.15, 0.2) is 39.8 Å². The van der Waals surface area contributed by atoms with Gasteiger partial charge < -0.3 is 5.11 Å². The van der Waals surface area contributed by atoms with Gasteiger partial charge in [0, 0.05) is 10.7 Å². The fourth-order valence-electron chi connectivity index (χ4n) is 1.44. The lowest BCUT2D eigenvalue weighted by molar-refractivity contribution is 0.475. The summed E-state index contributed by atoms with van der Waals surface area (Å²) >= 11 is 15.0. The Labute approximate surface area is 133 Å². The highest BCUT2D eigenvalue weighted by atomic mass is 79.9. The summed E-state index contributed by atoms with van der Waals surface area (Å²) in [6.07, 6.45) is 1.34. The first-order valence-electron chi connectivity index (χ1n) is 5.12. The van der Waals surface area contributed by atoms with E-state index < -0.39 is 10.0 Å². The zero-order valence-electron chi connectivity index (χ0n) is 9.64. The molecule has 0 spiro atoms. The molecular formula is C11H7BrCl2N2O3S. The quantitative estimate of drug-likeness (QED) is 0.828. The Morgan fingerprint density at radius 3 is 2.40 bits per heavy atom. The molecule has 1 heterocycles. The summed E-state index contributed by atoms with van der Waals surface area (Å²) in [7, 11) is -4.07. The number of anilines is 1. The van der Waals surface area contributed by atoms with Crippen LogP contribution in [-0.2, 0) is 10.0 Å². The molecule has 9 heteroatoms. The second kappa shape index (κ2) is 5.77. The van der Waals surface area contributed by atoms with E-state index in [0.717, 1.165) is 0 Å². The average Bonchev–Trinajstić information content (AvgIpc) is 2.30. The normalized spacial score (nSPS) is 11.3. The molecule has 0 bridgehead atoms. The number of sulfonamides is 1. The van der Waals surface area contributed by atoms with Gasteiger partial charge in [0.25, 0.3) is 10.0 Å². The Kier molecular flexibility index (Phi) is 4.43. The molecule has 0 radical (unpaired) electrons. The summed E-state index contributed by atoms with van der Waals surface area (Å²) in [5, 5.41) is 9.44. The van der Waals surface area contributed by atoms with Crippen LogP contribution in [0.25, 0.3) is 0 Å². The smallest absolute Gasteiger partial charge is 0.266 e. The Balaban J connectivity index is 2.50. The monoisotopic (exact) mass is 396 g/mol. The molecule has 0 saturated heterocycles. The predicted octanol–water partition coefficient (Wildman–Crippen LogP) is 3.66. The Hall–Kier alpha value is -1.02. The molecule has 2 aromatic rings. The number of hydrogen-bond acceptors (Lipinski definition) is 4. The van der Waals surface area contributed by atoms with Crippen LogP contribution in [0.3, 0.4) is 0 Å². The number of benzene rings is 1. The van der Waals surface area contributed by atoms with Crippen molar-refractivity contribution in [1.29, 1.82) is 0 Å². The highest BCUT2D eigenvalue weighted by Gasteiger charge is 2.24. The highest BCUT2D eigenvalue weighted by Crippen LogP contribution is 2.34. The van der Waals surface area contributed by atoms with Crippen LogP contribution < -0.4 is 4.72 Å². The van der Waals surface area contributed by atoms with Crippen LogP contribution in [0.4, 0.5) is 5.82 Å². The molecule has 0 unspecified atom stereocenters. The molecule has 1 aromatic carbocycles. The van der Waals surface area contributed by atoms with Gasteiger partial charge in [-0.15, -0.1) is 0 Å². The summed E-state index contributed by atoms with van der Waals surface area (Å²) in [5.41, 5.74) is 0. The van der Waals surface area contributed by atoms with E-state index in [1.807, 2.05) is 0 Å². The van der Waals surface area contributed by atoms with Crippen molar-refractivity contribution in [2.75, 3.05) is 4.72 Å². The van der Waals surface area contributed by atoms with Crippen LogP contribution in [0.5, 0.6) is 5.75 Å². The molecule has 2 N–H and O–H groups in total. The minimum Gasteiger partial charge on any atom is -0.504 e. The number of nitrogens with zero attached hydrogens (tertiary/aromatic N) is 1. The predicted molar refractivity (Wildman–Crippen MR) is 80.9 cm³/mol. The molecule has 0 saturated carbocycles. The van der Waals surface area contributed by atoms with E-state index in [-0.39, 0.29) is 26.5 Å². The first kappa shape index (κ1) is 15.4. The van der Waals surface area contributed by atoms with E-state index in [1.165, 1.54) is 30.5 Å². The zero-order chi connectivity index (χ0) is 14.9. The molecule has 1 aromatic heterocycles. The molecular weight excluding hydrogens is 391 g/mol. The number of nitrogens with one attached hydrogen (secondary N) is 1. The molecule has 0 fully saturated rings. The van der Waals surface area contributed by atoms with E-state index in [2.05, 4.69) is 25.6 Å². The van der Waals surface area contributed by atoms with Gasteiger partial charge in [-0.25, -0.2) is 13.4 Å². The first-order valence-corrected chi connectivity index (χ1v) is 8.16. The zero-order valence-corrected chi connectivity index (χ0v) is 13.6. The van der Waals surface area contributed by atoms with Crippen molar-refractivity contribution < 1.29 is 13.5 Å². The third kappa shape index (κ3) is 3.17. The van der Waals surface area contributed by atoms with Gasteiger partial charge in [-0.3, -0.25) is 4.72 Å². The fourth-order valence-corrected chi connectivity index (χ4v) is 4.40. The van der Waals surface area contributed by atoms with Crippen molar-refractivity contribution in [1.82, 2.24) is 4.98 Å². The Morgan fingerprint density at radius 2 is 1.85 bits per heavy atom. The van der Waals surface area contributed by atoms with Crippen molar-refractivity contribution in [2.45, 2.75) is 4.90 Å². The third-order valence-corrected chi connectivity index (χ3v) is 4.97. The van der Waals surface area contributed by atoms with E-state index in [9.17, 15) is 13.5 Å². The maximum absolute atomic E-state index is 12.3. The van der Waals surface area contributed by atoms with Gasteiger partial charge in [0.05, 0.1) is 10.0 Å². The molecule has 20 heavy (non-hydrogen) atoms. The number of pyridine rings is 1. The van der Waals surface area contributed by atoms with Gasteiger partial charge in [0.1, 0.15) is 4.90 Å². The SMILES string of the molecule is O=S(=O)(Nc1ncccc1O)c1c(Cl)cc(Br)cc1Cl. The number of aromatic hydroxyl groups is 1. The van der Waals surface area contributed by atoms with Crippen LogP contribution in [0.2, 0.25) is 10.0 Å². The average molecular weight is 398 g/mol. The summed E-state index contributed by atoms with van der Waals surface area (Å²) in [6.45, 7) is 0. The second-order valence-corrected chi connectivity index (χ2v) is 7.02. The van der Waals surface area contributed by atoms with Crippen LogP contribution in [0, 0.1) is 0 Å². The Morgan fingerprint density at radius 1 is 1.25 bits per heavy atom. The molecule has 5 nitrogen and oxygen atoms in total. The maximum atomic E-state index is 12.3. The molecule has 0 atom stereocenters. The lowest BCUT2D eigenvalue weighted by Gasteiger charge is -2.11. The maximum Gasteiger partial charge on any atom is 0.266 e. The van der Waals surface area contributed by atoms with Gasteiger partial charge in [-0.1, -0.05) is 39.1 Å². The van der Waals surface area contributed by atoms with Crippen molar-refractivity contribution in [2.24, 2.45) is 0 Å². The van der Waals surface area contributed by atoms with Gasteiger partial charge in [-0.05, 0) is 24.3 Å². The number of halogens is 3.